The molecule has 1 aromatic carbocycles. The first-order valence-corrected chi connectivity index (χ1v) is 9.44. The van der Waals surface area contributed by atoms with E-state index in [9.17, 15) is 0 Å². The first-order valence-electron chi connectivity index (χ1n) is 9.44. The van der Waals surface area contributed by atoms with Crippen molar-refractivity contribution in [3.63, 3.8) is 0 Å². The van der Waals surface area contributed by atoms with Crippen LogP contribution >= 0.6 is 0 Å². The van der Waals surface area contributed by atoms with Crippen LogP contribution in [0.3, 0.4) is 0 Å². The van der Waals surface area contributed by atoms with E-state index in [1.807, 2.05) is 6.07 Å². The minimum atomic E-state index is -0.136. The summed E-state index contributed by atoms with van der Waals surface area (Å²) in [5, 5.41) is 6.63. The zero-order chi connectivity index (χ0) is 18.7. The molecule has 4 atom stereocenters. The van der Waals surface area contributed by atoms with Gasteiger partial charge in [0, 0.05) is 17.9 Å². The standard InChI is InChI=1S/C21H34N2O2/c1-8-20(5)15-19(22-24-7)16(3)21(6,9-2)23(20)25-17(4)18-13-11-10-12-14-18/h10-14,16-17H,8-9,15H2,1-7H3/b22-19+. The summed E-state index contributed by atoms with van der Waals surface area (Å²) >= 11 is 0. The van der Waals surface area contributed by atoms with Crippen LogP contribution < -0.4 is 0 Å². The monoisotopic (exact) mass is 346 g/mol. The number of benzene rings is 1. The van der Waals surface area contributed by atoms with Crippen LogP contribution in [0.25, 0.3) is 0 Å². The molecule has 0 saturated carbocycles. The molecular weight excluding hydrogens is 312 g/mol. The number of piperidine rings is 1. The van der Waals surface area contributed by atoms with Gasteiger partial charge in [-0.15, -0.1) is 0 Å². The predicted molar refractivity (Wildman–Crippen MR) is 103 cm³/mol. The Labute approximate surface area is 153 Å². The van der Waals surface area contributed by atoms with E-state index in [1.165, 1.54) is 5.56 Å². The largest absolute Gasteiger partial charge is 0.399 e. The van der Waals surface area contributed by atoms with Crippen molar-refractivity contribution >= 4 is 5.71 Å². The van der Waals surface area contributed by atoms with Gasteiger partial charge in [0.2, 0.25) is 0 Å². The second-order valence-corrected chi connectivity index (χ2v) is 7.68. The molecule has 25 heavy (non-hydrogen) atoms. The maximum atomic E-state index is 6.62. The summed E-state index contributed by atoms with van der Waals surface area (Å²) in [5.41, 5.74) is 2.08. The average molecular weight is 347 g/mol. The summed E-state index contributed by atoms with van der Waals surface area (Å²) in [5.74, 6) is 0.264. The number of nitrogens with zero attached hydrogens (tertiary/aromatic N) is 2. The molecule has 0 spiro atoms. The van der Waals surface area contributed by atoms with Gasteiger partial charge in [0.25, 0.3) is 0 Å². The quantitative estimate of drug-likeness (QED) is 0.650. The lowest BCUT2D eigenvalue weighted by Gasteiger charge is -2.57. The normalized spacial score (nSPS) is 33.4. The van der Waals surface area contributed by atoms with Gasteiger partial charge in [-0.25, -0.2) is 0 Å². The van der Waals surface area contributed by atoms with E-state index in [2.05, 4.69) is 76.0 Å². The molecule has 140 valence electrons. The SMILES string of the molecule is CCC1(C)C/C(=N\OC)C(C)C(C)(CC)N1OC(C)c1ccccc1. The second-order valence-electron chi connectivity index (χ2n) is 7.68. The highest BCUT2D eigenvalue weighted by molar-refractivity contribution is 5.89. The molecule has 1 fully saturated rings. The van der Waals surface area contributed by atoms with Crippen LogP contribution in [0, 0.1) is 5.92 Å². The third-order valence-electron chi connectivity index (χ3n) is 6.17. The van der Waals surface area contributed by atoms with E-state index in [0.29, 0.717) is 0 Å². The molecule has 0 aliphatic carbocycles. The third-order valence-corrected chi connectivity index (χ3v) is 6.17. The molecule has 4 nitrogen and oxygen atoms in total. The maximum Gasteiger partial charge on any atom is 0.106 e. The van der Waals surface area contributed by atoms with Gasteiger partial charge in [0.1, 0.15) is 13.2 Å². The lowest BCUT2D eigenvalue weighted by atomic mass is 9.70. The third kappa shape index (κ3) is 3.75. The summed E-state index contributed by atoms with van der Waals surface area (Å²) in [4.78, 5) is 11.8. The van der Waals surface area contributed by atoms with Crippen LogP contribution in [0.2, 0.25) is 0 Å². The van der Waals surface area contributed by atoms with Crippen LogP contribution in [-0.4, -0.2) is 29.0 Å². The van der Waals surface area contributed by atoms with Crippen molar-refractivity contribution in [1.82, 2.24) is 5.06 Å². The van der Waals surface area contributed by atoms with E-state index >= 15 is 0 Å². The average Bonchev–Trinajstić information content (AvgIpc) is 2.64. The van der Waals surface area contributed by atoms with Crippen molar-refractivity contribution in [1.29, 1.82) is 0 Å². The Morgan fingerprint density at radius 3 is 2.36 bits per heavy atom. The minimum absolute atomic E-state index is 0.00561. The van der Waals surface area contributed by atoms with Crippen LogP contribution in [0.5, 0.6) is 0 Å². The summed E-state index contributed by atoms with van der Waals surface area (Å²) in [6.07, 6.45) is 2.83. The smallest absolute Gasteiger partial charge is 0.106 e. The van der Waals surface area contributed by atoms with E-state index in [0.717, 1.165) is 25.0 Å². The van der Waals surface area contributed by atoms with Crippen LogP contribution in [0.4, 0.5) is 0 Å². The van der Waals surface area contributed by atoms with E-state index < -0.39 is 0 Å². The van der Waals surface area contributed by atoms with Gasteiger partial charge in [-0.05, 0) is 39.2 Å². The lowest BCUT2D eigenvalue weighted by Crippen LogP contribution is -2.66. The predicted octanol–water partition coefficient (Wildman–Crippen LogP) is 5.36. The van der Waals surface area contributed by atoms with Crippen molar-refractivity contribution in [2.24, 2.45) is 11.1 Å². The molecule has 0 N–H and O–H groups in total. The molecule has 2 rings (SSSR count). The molecule has 1 aromatic rings. The number of rotatable bonds is 6. The van der Waals surface area contributed by atoms with E-state index in [-0.39, 0.29) is 23.1 Å². The molecule has 0 radical (unpaired) electrons. The fraction of sp³-hybridized carbons (Fsp3) is 0.667. The lowest BCUT2D eigenvalue weighted by molar-refractivity contribution is -0.310. The molecule has 0 amide bonds. The highest BCUT2D eigenvalue weighted by atomic mass is 16.7. The van der Waals surface area contributed by atoms with Crippen LogP contribution in [0.1, 0.15) is 72.5 Å². The Balaban J connectivity index is 2.39. The Kier molecular flexibility index (Phi) is 6.28. The highest BCUT2D eigenvalue weighted by Crippen LogP contribution is 2.45. The molecule has 1 aliphatic heterocycles. The molecular formula is C21H34N2O2. The topological polar surface area (TPSA) is 34.1 Å². The first-order chi connectivity index (χ1) is 11.8. The fourth-order valence-corrected chi connectivity index (χ4v) is 3.90. The zero-order valence-electron chi connectivity index (χ0n) is 16.9. The maximum absolute atomic E-state index is 6.62. The fourth-order valence-electron chi connectivity index (χ4n) is 3.90. The van der Waals surface area contributed by atoms with Gasteiger partial charge in [0.15, 0.2) is 0 Å². The van der Waals surface area contributed by atoms with Gasteiger partial charge < -0.3 is 4.84 Å². The van der Waals surface area contributed by atoms with E-state index in [4.69, 9.17) is 9.68 Å². The zero-order valence-corrected chi connectivity index (χ0v) is 16.9. The van der Waals surface area contributed by atoms with Gasteiger partial charge in [-0.1, -0.05) is 56.3 Å². The van der Waals surface area contributed by atoms with Crippen molar-refractivity contribution < 1.29 is 9.68 Å². The van der Waals surface area contributed by atoms with Crippen LogP contribution in [-0.2, 0) is 9.68 Å². The van der Waals surface area contributed by atoms with Crippen molar-refractivity contribution in [3.8, 4) is 0 Å². The molecule has 4 heteroatoms. The summed E-state index contributed by atoms with van der Waals surface area (Å²) in [6.45, 7) is 13.4. The number of hydrogen-bond acceptors (Lipinski definition) is 4. The molecule has 4 unspecified atom stereocenters. The number of hydrogen-bond donors (Lipinski definition) is 0. The highest BCUT2D eigenvalue weighted by Gasteiger charge is 2.53. The minimum Gasteiger partial charge on any atom is -0.399 e. The van der Waals surface area contributed by atoms with Gasteiger partial charge in [0.05, 0.1) is 11.3 Å². The summed E-state index contributed by atoms with van der Waals surface area (Å²) in [6, 6.07) is 10.4. The van der Waals surface area contributed by atoms with Crippen molar-refractivity contribution in [2.75, 3.05) is 7.11 Å². The molecule has 1 aliphatic rings. The molecule has 1 saturated heterocycles. The van der Waals surface area contributed by atoms with Gasteiger partial charge >= 0.3 is 0 Å². The Bertz CT molecular complexity index is 589. The van der Waals surface area contributed by atoms with Crippen molar-refractivity contribution in [2.45, 2.75) is 78.0 Å². The van der Waals surface area contributed by atoms with Crippen molar-refractivity contribution in [3.05, 3.63) is 35.9 Å². The Morgan fingerprint density at radius 2 is 1.84 bits per heavy atom. The summed E-state index contributed by atoms with van der Waals surface area (Å²) in [7, 11) is 1.63. The van der Waals surface area contributed by atoms with Crippen LogP contribution in [0.15, 0.2) is 35.5 Å². The Hall–Kier alpha value is -1.39. The van der Waals surface area contributed by atoms with E-state index in [1.54, 1.807) is 7.11 Å². The summed E-state index contributed by atoms with van der Waals surface area (Å²) < 4.78 is 0. The molecule has 1 heterocycles. The second kappa shape index (κ2) is 7.88. The molecule has 0 bridgehead atoms. The number of oxime groups is 1. The Morgan fingerprint density at radius 1 is 1.20 bits per heavy atom. The van der Waals surface area contributed by atoms with Gasteiger partial charge in [-0.3, -0.25) is 4.84 Å². The number of hydroxylamine groups is 2. The first kappa shape index (κ1) is 19.9. The molecule has 0 aromatic heterocycles. The van der Waals surface area contributed by atoms with Gasteiger partial charge in [-0.2, -0.15) is 5.06 Å².